The number of hydrogen-bond donors (Lipinski definition) is 0. The fourth-order valence-electron chi connectivity index (χ4n) is 1.76. The normalized spacial score (nSPS) is 10.5. The van der Waals surface area contributed by atoms with Gasteiger partial charge < -0.3 is 9.47 Å². The number of methoxy groups -OCH3 is 1. The highest BCUT2D eigenvalue weighted by Gasteiger charge is 2.09. The maximum atomic E-state index is 6.20. The summed E-state index contributed by atoms with van der Waals surface area (Å²) < 4.78 is 10.7. The van der Waals surface area contributed by atoms with Crippen LogP contribution in [0.3, 0.4) is 0 Å². The number of pyridine rings is 1. The predicted molar refractivity (Wildman–Crippen MR) is 75.5 cm³/mol. The van der Waals surface area contributed by atoms with E-state index in [4.69, 9.17) is 21.1 Å². The molecule has 0 aliphatic rings. The van der Waals surface area contributed by atoms with Gasteiger partial charge in [0.05, 0.1) is 11.6 Å². The monoisotopic (exact) mass is 277 g/mol. The highest BCUT2D eigenvalue weighted by atomic mass is 35.5. The third-order valence-electron chi connectivity index (χ3n) is 2.77. The molecular formula is C15H16ClNO2. The van der Waals surface area contributed by atoms with Gasteiger partial charge in [-0.25, -0.2) is 4.98 Å². The minimum absolute atomic E-state index is 0.455. The lowest BCUT2D eigenvalue weighted by atomic mass is 10.2. The average Bonchev–Trinajstić information content (AvgIpc) is 2.42. The van der Waals surface area contributed by atoms with Crippen LogP contribution in [0.1, 0.15) is 16.8 Å². The zero-order valence-corrected chi connectivity index (χ0v) is 11.8. The molecule has 3 nitrogen and oxygen atoms in total. The molecule has 0 aliphatic carbocycles. The Morgan fingerprint density at radius 2 is 1.89 bits per heavy atom. The number of rotatable bonds is 5. The standard InChI is InChI=1S/C15H16ClNO2/c1-11-13(10-18-2)14(16)8-15(17-11)19-9-12-6-4-3-5-7-12/h3-8H,9-10H2,1-2H3. The molecule has 100 valence electrons. The number of aryl methyl sites for hydroxylation is 1. The Morgan fingerprint density at radius 3 is 2.53 bits per heavy atom. The summed E-state index contributed by atoms with van der Waals surface area (Å²) in [5.74, 6) is 0.534. The van der Waals surface area contributed by atoms with Gasteiger partial charge in [-0.2, -0.15) is 0 Å². The van der Waals surface area contributed by atoms with Crippen LogP contribution in [0.25, 0.3) is 0 Å². The van der Waals surface area contributed by atoms with Gasteiger partial charge >= 0.3 is 0 Å². The van der Waals surface area contributed by atoms with E-state index >= 15 is 0 Å². The van der Waals surface area contributed by atoms with Crippen LogP contribution in [0.2, 0.25) is 5.02 Å². The minimum Gasteiger partial charge on any atom is -0.473 e. The Hall–Kier alpha value is -1.58. The number of benzene rings is 1. The minimum atomic E-state index is 0.455. The lowest BCUT2D eigenvalue weighted by Gasteiger charge is -2.10. The van der Waals surface area contributed by atoms with Crippen molar-refractivity contribution < 1.29 is 9.47 Å². The van der Waals surface area contributed by atoms with Crippen LogP contribution in [0.5, 0.6) is 5.88 Å². The van der Waals surface area contributed by atoms with Gasteiger partial charge in [-0.1, -0.05) is 41.9 Å². The first-order chi connectivity index (χ1) is 9.20. The van der Waals surface area contributed by atoms with Gasteiger partial charge in [-0.05, 0) is 12.5 Å². The molecular weight excluding hydrogens is 262 g/mol. The van der Waals surface area contributed by atoms with Gasteiger partial charge in [-0.3, -0.25) is 0 Å². The highest BCUT2D eigenvalue weighted by molar-refractivity contribution is 6.31. The van der Waals surface area contributed by atoms with Crippen molar-refractivity contribution in [2.24, 2.45) is 0 Å². The Morgan fingerprint density at radius 1 is 1.16 bits per heavy atom. The van der Waals surface area contributed by atoms with Crippen LogP contribution in [-0.2, 0) is 18.0 Å². The van der Waals surface area contributed by atoms with E-state index in [2.05, 4.69) is 4.98 Å². The largest absolute Gasteiger partial charge is 0.473 e. The van der Waals surface area contributed by atoms with Crippen LogP contribution in [-0.4, -0.2) is 12.1 Å². The van der Waals surface area contributed by atoms with Crippen molar-refractivity contribution in [1.29, 1.82) is 0 Å². The first-order valence-corrected chi connectivity index (χ1v) is 6.40. The number of hydrogen-bond acceptors (Lipinski definition) is 3. The number of halogens is 1. The van der Waals surface area contributed by atoms with Gasteiger partial charge in [-0.15, -0.1) is 0 Å². The van der Waals surface area contributed by atoms with Crippen molar-refractivity contribution in [3.05, 3.63) is 58.2 Å². The fraction of sp³-hybridized carbons (Fsp3) is 0.267. The molecule has 0 unspecified atom stereocenters. The van der Waals surface area contributed by atoms with Crippen molar-refractivity contribution in [2.75, 3.05) is 7.11 Å². The quantitative estimate of drug-likeness (QED) is 0.834. The second-order valence-electron chi connectivity index (χ2n) is 4.21. The first-order valence-electron chi connectivity index (χ1n) is 6.02. The Balaban J connectivity index is 2.09. The van der Waals surface area contributed by atoms with E-state index < -0.39 is 0 Å². The highest BCUT2D eigenvalue weighted by Crippen LogP contribution is 2.24. The number of ether oxygens (including phenoxy) is 2. The molecule has 0 amide bonds. The summed E-state index contributed by atoms with van der Waals surface area (Å²) in [6.45, 7) is 2.83. The van der Waals surface area contributed by atoms with E-state index in [1.165, 1.54) is 0 Å². The summed E-state index contributed by atoms with van der Waals surface area (Å²) >= 11 is 6.20. The molecule has 0 spiro atoms. The van der Waals surface area contributed by atoms with Gasteiger partial charge in [0.2, 0.25) is 5.88 Å². The predicted octanol–water partition coefficient (Wildman–Crippen LogP) is 3.77. The van der Waals surface area contributed by atoms with Gasteiger partial charge in [0.15, 0.2) is 0 Å². The number of nitrogens with zero attached hydrogens (tertiary/aromatic N) is 1. The third-order valence-corrected chi connectivity index (χ3v) is 3.11. The molecule has 1 aromatic carbocycles. The summed E-state index contributed by atoms with van der Waals surface area (Å²) in [5, 5.41) is 0.623. The molecule has 1 heterocycles. The lowest BCUT2D eigenvalue weighted by Crippen LogP contribution is -2.01. The van der Waals surface area contributed by atoms with Crippen molar-refractivity contribution in [3.63, 3.8) is 0 Å². The molecule has 0 aliphatic heterocycles. The van der Waals surface area contributed by atoms with E-state index in [0.717, 1.165) is 16.8 Å². The van der Waals surface area contributed by atoms with Crippen LogP contribution < -0.4 is 4.74 Å². The van der Waals surface area contributed by atoms with Gasteiger partial charge in [0, 0.05) is 24.4 Å². The summed E-state index contributed by atoms with van der Waals surface area (Å²) in [5.41, 5.74) is 2.83. The van der Waals surface area contributed by atoms with E-state index in [9.17, 15) is 0 Å². The maximum absolute atomic E-state index is 6.20. The smallest absolute Gasteiger partial charge is 0.215 e. The molecule has 1 aromatic heterocycles. The van der Waals surface area contributed by atoms with Crippen molar-refractivity contribution in [1.82, 2.24) is 4.98 Å². The maximum Gasteiger partial charge on any atom is 0.215 e. The lowest BCUT2D eigenvalue weighted by molar-refractivity contribution is 0.183. The summed E-state index contributed by atoms with van der Waals surface area (Å²) in [7, 11) is 1.63. The molecule has 0 radical (unpaired) electrons. The molecule has 0 fully saturated rings. The SMILES string of the molecule is COCc1c(Cl)cc(OCc2ccccc2)nc1C. The molecule has 0 bridgehead atoms. The van der Waals surface area contributed by atoms with Crippen molar-refractivity contribution in [2.45, 2.75) is 20.1 Å². The van der Waals surface area contributed by atoms with Crippen LogP contribution in [0, 0.1) is 6.92 Å². The Labute approximate surface area is 118 Å². The Bertz CT molecular complexity index is 520. The van der Waals surface area contributed by atoms with E-state index in [1.54, 1.807) is 13.2 Å². The summed E-state index contributed by atoms with van der Waals surface area (Å²) in [4.78, 5) is 4.38. The zero-order valence-electron chi connectivity index (χ0n) is 11.0. The van der Waals surface area contributed by atoms with Crippen LogP contribution >= 0.6 is 11.6 Å². The molecule has 4 heteroatoms. The van der Waals surface area contributed by atoms with Crippen LogP contribution in [0.15, 0.2) is 36.4 Å². The van der Waals surface area contributed by atoms with E-state index in [0.29, 0.717) is 24.1 Å². The van der Waals surface area contributed by atoms with Gasteiger partial charge in [0.25, 0.3) is 0 Å². The summed E-state index contributed by atoms with van der Waals surface area (Å²) in [6, 6.07) is 11.7. The van der Waals surface area contributed by atoms with E-state index in [1.807, 2.05) is 37.3 Å². The molecule has 2 aromatic rings. The zero-order chi connectivity index (χ0) is 13.7. The van der Waals surface area contributed by atoms with Gasteiger partial charge in [0.1, 0.15) is 6.61 Å². The fourth-order valence-corrected chi connectivity index (χ4v) is 2.04. The molecule has 0 saturated heterocycles. The van der Waals surface area contributed by atoms with Crippen molar-refractivity contribution in [3.8, 4) is 5.88 Å². The second kappa shape index (κ2) is 6.55. The third kappa shape index (κ3) is 3.69. The topological polar surface area (TPSA) is 31.4 Å². The first kappa shape index (κ1) is 13.8. The molecule has 19 heavy (non-hydrogen) atoms. The molecule has 0 N–H and O–H groups in total. The summed E-state index contributed by atoms with van der Waals surface area (Å²) in [6.07, 6.45) is 0. The average molecular weight is 278 g/mol. The second-order valence-corrected chi connectivity index (χ2v) is 4.62. The van der Waals surface area contributed by atoms with Crippen molar-refractivity contribution >= 4 is 11.6 Å². The number of aromatic nitrogens is 1. The Kier molecular flexibility index (Phi) is 4.77. The van der Waals surface area contributed by atoms with Crippen LogP contribution in [0.4, 0.5) is 0 Å². The molecule has 2 rings (SSSR count). The molecule has 0 atom stereocenters. The van der Waals surface area contributed by atoms with E-state index in [-0.39, 0.29) is 0 Å². The molecule has 0 saturated carbocycles.